The summed E-state index contributed by atoms with van der Waals surface area (Å²) in [4.78, 5) is 14.4. The molecule has 3 rings (SSSR count). The van der Waals surface area contributed by atoms with Gasteiger partial charge in [0, 0.05) is 19.0 Å². The Balaban J connectivity index is 1.74. The highest BCUT2D eigenvalue weighted by Crippen LogP contribution is 2.26. The molecule has 0 N–H and O–H groups in total. The molecule has 1 aromatic carbocycles. The fourth-order valence-electron chi connectivity index (χ4n) is 2.89. The quantitative estimate of drug-likeness (QED) is 0.841. The van der Waals surface area contributed by atoms with Crippen molar-refractivity contribution in [1.82, 2.24) is 15.1 Å². The van der Waals surface area contributed by atoms with Crippen LogP contribution < -0.4 is 4.74 Å². The third-order valence-corrected chi connectivity index (χ3v) is 4.01. The number of hydrogen-bond donors (Lipinski definition) is 0. The summed E-state index contributed by atoms with van der Waals surface area (Å²) in [6, 6.07) is 4.14. The molecule has 0 spiro atoms. The van der Waals surface area contributed by atoms with Gasteiger partial charge < -0.3 is 18.8 Å². The van der Waals surface area contributed by atoms with Crippen molar-refractivity contribution in [3.63, 3.8) is 0 Å². The second-order valence-corrected chi connectivity index (χ2v) is 6.03. The average Bonchev–Trinajstić information content (AvgIpc) is 3.01. The number of halogens is 1. The zero-order valence-electron chi connectivity index (χ0n) is 14.4. The molecule has 0 bridgehead atoms. The molecule has 0 saturated carbocycles. The smallest absolute Gasteiger partial charge is 0.247 e. The summed E-state index contributed by atoms with van der Waals surface area (Å²) in [7, 11) is 1.49. The van der Waals surface area contributed by atoms with Crippen LogP contribution in [0.25, 0.3) is 0 Å². The van der Waals surface area contributed by atoms with Crippen LogP contribution in [-0.4, -0.2) is 47.3 Å². The highest BCUT2D eigenvalue weighted by Gasteiger charge is 2.32. The summed E-state index contributed by atoms with van der Waals surface area (Å²) in [5.74, 6) is 0.739. The maximum atomic E-state index is 13.5. The minimum Gasteiger partial charge on any atom is -0.496 e. The van der Waals surface area contributed by atoms with E-state index in [4.69, 9.17) is 13.9 Å². The Labute approximate surface area is 144 Å². The number of amides is 1. The van der Waals surface area contributed by atoms with Gasteiger partial charge in [0.1, 0.15) is 11.6 Å². The maximum Gasteiger partial charge on any atom is 0.247 e. The first-order valence-corrected chi connectivity index (χ1v) is 8.02. The van der Waals surface area contributed by atoms with Crippen LogP contribution in [0.1, 0.15) is 30.4 Å². The lowest BCUT2D eigenvalue weighted by atomic mass is 10.1. The molecule has 1 aliphatic heterocycles. The largest absolute Gasteiger partial charge is 0.496 e. The summed E-state index contributed by atoms with van der Waals surface area (Å²) < 4.78 is 29.9. The van der Waals surface area contributed by atoms with Gasteiger partial charge in [0.05, 0.1) is 26.2 Å². The molecule has 25 heavy (non-hydrogen) atoms. The first-order valence-electron chi connectivity index (χ1n) is 8.02. The number of ether oxygens (including phenoxy) is 2. The lowest BCUT2D eigenvalue weighted by Crippen LogP contribution is -2.46. The SMILES string of the molecule is COc1ccc(F)cc1CC(=O)N1C[C@@H](C)O[C@@H](c2nnc(C)o2)C1. The van der Waals surface area contributed by atoms with E-state index in [2.05, 4.69) is 10.2 Å². The van der Waals surface area contributed by atoms with Crippen molar-refractivity contribution in [2.75, 3.05) is 20.2 Å². The monoisotopic (exact) mass is 349 g/mol. The third kappa shape index (κ3) is 3.96. The molecule has 1 saturated heterocycles. The van der Waals surface area contributed by atoms with Gasteiger partial charge in [0.15, 0.2) is 6.10 Å². The van der Waals surface area contributed by atoms with Gasteiger partial charge in [-0.25, -0.2) is 4.39 Å². The van der Waals surface area contributed by atoms with E-state index in [1.807, 2.05) is 6.92 Å². The van der Waals surface area contributed by atoms with E-state index in [0.29, 0.717) is 36.2 Å². The number of hydrogen-bond acceptors (Lipinski definition) is 6. The van der Waals surface area contributed by atoms with Crippen molar-refractivity contribution < 1.29 is 23.1 Å². The summed E-state index contributed by atoms with van der Waals surface area (Å²) in [5, 5.41) is 7.77. The number of nitrogens with zero attached hydrogens (tertiary/aromatic N) is 3. The van der Waals surface area contributed by atoms with E-state index in [9.17, 15) is 9.18 Å². The Bertz CT molecular complexity index is 764. The van der Waals surface area contributed by atoms with E-state index in [1.54, 1.807) is 11.8 Å². The Morgan fingerprint density at radius 1 is 1.40 bits per heavy atom. The van der Waals surface area contributed by atoms with Gasteiger partial charge in [-0.2, -0.15) is 0 Å². The highest BCUT2D eigenvalue weighted by atomic mass is 19.1. The van der Waals surface area contributed by atoms with Crippen LogP contribution in [0, 0.1) is 12.7 Å². The van der Waals surface area contributed by atoms with Gasteiger partial charge in [-0.15, -0.1) is 10.2 Å². The summed E-state index contributed by atoms with van der Waals surface area (Å²) in [6.07, 6.45) is -0.601. The Hall–Kier alpha value is -2.48. The van der Waals surface area contributed by atoms with Crippen molar-refractivity contribution in [3.8, 4) is 5.75 Å². The molecule has 0 unspecified atom stereocenters. The molecule has 2 aromatic rings. The predicted octanol–water partition coefficient (Wildman–Crippen LogP) is 2.06. The van der Waals surface area contributed by atoms with E-state index >= 15 is 0 Å². The minimum absolute atomic E-state index is 0.0449. The molecule has 134 valence electrons. The molecule has 7 nitrogen and oxygen atoms in total. The van der Waals surface area contributed by atoms with Crippen LogP contribution in [-0.2, 0) is 16.0 Å². The molecule has 0 aliphatic carbocycles. The molecule has 8 heteroatoms. The third-order valence-electron chi connectivity index (χ3n) is 4.01. The van der Waals surface area contributed by atoms with Crippen LogP contribution >= 0.6 is 0 Å². The summed E-state index contributed by atoms with van der Waals surface area (Å²) >= 11 is 0. The van der Waals surface area contributed by atoms with Gasteiger partial charge >= 0.3 is 0 Å². The van der Waals surface area contributed by atoms with Crippen molar-refractivity contribution >= 4 is 5.91 Å². The first kappa shape index (κ1) is 17.3. The molecular weight excluding hydrogens is 329 g/mol. The van der Waals surface area contributed by atoms with Gasteiger partial charge in [0.2, 0.25) is 17.7 Å². The number of aryl methyl sites for hydroxylation is 1. The Kier molecular flexibility index (Phi) is 4.98. The van der Waals surface area contributed by atoms with E-state index < -0.39 is 11.9 Å². The van der Waals surface area contributed by atoms with E-state index in [0.717, 1.165) is 0 Å². The lowest BCUT2D eigenvalue weighted by Gasteiger charge is -2.35. The fraction of sp³-hybridized carbons (Fsp3) is 0.471. The van der Waals surface area contributed by atoms with Crippen molar-refractivity contribution in [2.45, 2.75) is 32.5 Å². The van der Waals surface area contributed by atoms with Crippen LogP contribution in [0.15, 0.2) is 22.6 Å². The normalized spacial score (nSPS) is 20.6. The standard InChI is InChI=1S/C17H20FN3O4/c1-10-8-21(9-15(24-10)17-20-19-11(2)25-17)16(22)7-12-6-13(18)4-5-14(12)23-3/h4-6,10,15H,7-9H2,1-3H3/t10-,15-/m1/s1. The van der Waals surface area contributed by atoms with E-state index in [1.165, 1.54) is 25.3 Å². The zero-order chi connectivity index (χ0) is 18.0. The van der Waals surface area contributed by atoms with Gasteiger partial charge in [-0.1, -0.05) is 0 Å². The molecule has 1 fully saturated rings. The molecular formula is C17H20FN3O4. The van der Waals surface area contributed by atoms with Crippen molar-refractivity contribution in [1.29, 1.82) is 0 Å². The molecule has 2 atom stereocenters. The van der Waals surface area contributed by atoms with Gasteiger partial charge in [-0.05, 0) is 25.1 Å². The number of rotatable bonds is 4. The van der Waals surface area contributed by atoms with Gasteiger partial charge in [0.25, 0.3) is 0 Å². The van der Waals surface area contributed by atoms with Crippen LogP contribution in [0.4, 0.5) is 4.39 Å². The first-order chi connectivity index (χ1) is 12.0. The molecule has 0 radical (unpaired) electrons. The number of carbonyl (C=O) groups excluding carboxylic acids is 1. The number of methoxy groups -OCH3 is 1. The van der Waals surface area contributed by atoms with Crippen LogP contribution in [0.5, 0.6) is 5.75 Å². The molecule has 1 aromatic heterocycles. The number of carbonyl (C=O) groups is 1. The summed E-state index contributed by atoms with van der Waals surface area (Å²) in [5.41, 5.74) is 0.511. The van der Waals surface area contributed by atoms with Crippen molar-refractivity contribution in [3.05, 3.63) is 41.4 Å². The fourth-order valence-corrected chi connectivity index (χ4v) is 2.89. The maximum absolute atomic E-state index is 13.5. The molecule has 1 amide bonds. The number of aromatic nitrogens is 2. The predicted molar refractivity (Wildman–Crippen MR) is 85.6 cm³/mol. The highest BCUT2D eigenvalue weighted by molar-refractivity contribution is 5.79. The molecule has 2 heterocycles. The Morgan fingerprint density at radius 3 is 2.88 bits per heavy atom. The second-order valence-electron chi connectivity index (χ2n) is 6.03. The molecule has 1 aliphatic rings. The van der Waals surface area contributed by atoms with Crippen LogP contribution in [0.3, 0.4) is 0 Å². The van der Waals surface area contributed by atoms with Crippen molar-refractivity contribution in [2.24, 2.45) is 0 Å². The number of benzene rings is 1. The van der Waals surface area contributed by atoms with Crippen LogP contribution in [0.2, 0.25) is 0 Å². The number of morpholine rings is 1. The summed E-state index contributed by atoms with van der Waals surface area (Å²) in [6.45, 7) is 4.32. The topological polar surface area (TPSA) is 77.7 Å². The second kappa shape index (κ2) is 7.18. The lowest BCUT2D eigenvalue weighted by molar-refractivity contribution is -0.145. The zero-order valence-corrected chi connectivity index (χ0v) is 14.4. The minimum atomic E-state index is -0.469. The Morgan fingerprint density at radius 2 is 2.20 bits per heavy atom. The van der Waals surface area contributed by atoms with Gasteiger partial charge in [-0.3, -0.25) is 4.79 Å². The average molecular weight is 349 g/mol. The van der Waals surface area contributed by atoms with E-state index in [-0.39, 0.29) is 18.4 Å².